The highest BCUT2D eigenvalue weighted by Crippen LogP contribution is 2.45. The molecule has 2 N–H and O–H groups in total. The topological polar surface area (TPSA) is 84.2 Å². The lowest BCUT2D eigenvalue weighted by Gasteiger charge is -2.11. The minimum absolute atomic E-state index is 0.183. The molecule has 1 aromatic heterocycles. The number of carbonyl (C=O) groups is 2. The van der Waals surface area contributed by atoms with Crippen molar-refractivity contribution in [2.24, 2.45) is 5.41 Å². The molecule has 0 unspecified atom stereocenters. The summed E-state index contributed by atoms with van der Waals surface area (Å²) in [5.74, 6) is -1.09. The lowest BCUT2D eigenvalue weighted by molar-refractivity contribution is -0.143. The van der Waals surface area contributed by atoms with Crippen molar-refractivity contribution in [1.82, 2.24) is 15.1 Å². The Balaban J connectivity index is 1.64. The van der Waals surface area contributed by atoms with E-state index in [1.54, 1.807) is 35.1 Å². The Bertz CT molecular complexity index is 658. The molecule has 21 heavy (non-hydrogen) atoms. The number of amides is 1. The molecule has 0 saturated heterocycles. The first-order chi connectivity index (χ1) is 10.1. The number of nitrogens with one attached hydrogen (secondary N) is 1. The number of hydrogen-bond acceptors (Lipinski definition) is 3. The van der Waals surface area contributed by atoms with Crippen LogP contribution in [0.1, 0.15) is 23.2 Å². The van der Waals surface area contributed by atoms with Gasteiger partial charge in [0.2, 0.25) is 0 Å². The highest BCUT2D eigenvalue weighted by Gasteiger charge is 2.50. The van der Waals surface area contributed by atoms with Gasteiger partial charge in [0.05, 0.1) is 11.1 Å². The van der Waals surface area contributed by atoms with E-state index in [4.69, 9.17) is 5.11 Å². The van der Waals surface area contributed by atoms with Crippen LogP contribution in [-0.2, 0) is 4.79 Å². The van der Waals surface area contributed by atoms with Gasteiger partial charge in [-0.15, -0.1) is 0 Å². The second-order valence-electron chi connectivity index (χ2n) is 5.27. The van der Waals surface area contributed by atoms with Gasteiger partial charge in [-0.05, 0) is 43.2 Å². The van der Waals surface area contributed by atoms with Crippen LogP contribution in [0, 0.1) is 5.41 Å². The average Bonchev–Trinajstić information content (AvgIpc) is 3.10. The molecule has 6 heteroatoms. The molecule has 1 saturated carbocycles. The van der Waals surface area contributed by atoms with Gasteiger partial charge < -0.3 is 10.4 Å². The molecule has 1 fully saturated rings. The lowest BCUT2D eigenvalue weighted by atomic mass is 10.1. The van der Waals surface area contributed by atoms with Gasteiger partial charge in [-0.2, -0.15) is 5.10 Å². The molecule has 1 heterocycles. The zero-order valence-corrected chi connectivity index (χ0v) is 11.3. The van der Waals surface area contributed by atoms with Crippen LogP contribution in [0.4, 0.5) is 0 Å². The second-order valence-corrected chi connectivity index (χ2v) is 5.27. The third kappa shape index (κ3) is 2.65. The fraction of sp³-hybridized carbons (Fsp3) is 0.267. The third-order valence-electron chi connectivity index (χ3n) is 3.79. The van der Waals surface area contributed by atoms with Crippen LogP contribution in [0.15, 0.2) is 42.7 Å². The highest BCUT2D eigenvalue weighted by atomic mass is 16.4. The molecule has 108 valence electrons. The van der Waals surface area contributed by atoms with Crippen LogP contribution in [0.5, 0.6) is 0 Å². The van der Waals surface area contributed by atoms with Gasteiger partial charge in [-0.1, -0.05) is 0 Å². The predicted octanol–water partition coefficient (Wildman–Crippen LogP) is 1.47. The molecule has 0 spiro atoms. The number of nitrogens with zero attached hydrogens (tertiary/aromatic N) is 2. The van der Waals surface area contributed by atoms with E-state index in [9.17, 15) is 9.59 Å². The van der Waals surface area contributed by atoms with Crippen molar-refractivity contribution < 1.29 is 14.7 Å². The molecular weight excluding hydrogens is 270 g/mol. The zero-order chi connectivity index (χ0) is 14.9. The van der Waals surface area contributed by atoms with Crippen LogP contribution in [0.25, 0.3) is 5.69 Å². The molecule has 0 bridgehead atoms. The quantitative estimate of drug-likeness (QED) is 0.871. The summed E-state index contributed by atoms with van der Waals surface area (Å²) in [6.07, 6.45) is 4.75. The maximum Gasteiger partial charge on any atom is 0.311 e. The van der Waals surface area contributed by atoms with Gasteiger partial charge in [0.1, 0.15) is 0 Å². The van der Waals surface area contributed by atoms with E-state index in [0.717, 1.165) is 5.69 Å². The van der Waals surface area contributed by atoms with E-state index < -0.39 is 11.4 Å². The van der Waals surface area contributed by atoms with Gasteiger partial charge in [0.15, 0.2) is 0 Å². The van der Waals surface area contributed by atoms with E-state index in [1.807, 2.05) is 12.3 Å². The second kappa shape index (κ2) is 5.05. The Morgan fingerprint density at radius 2 is 2.00 bits per heavy atom. The molecule has 1 aliphatic carbocycles. The standard InChI is InChI=1S/C15H15N3O3/c19-13(16-10-15(6-7-15)14(20)21)11-2-4-12(5-3-11)18-9-1-8-17-18/h1-5,8-9H,6-7,10H2,(H,16,19)(H,20,21). The summed E-state index contributed by atoms with van der Waals surface area (Å²) in [4.78, 5) is 23.1. The van der Waals surface area contributed by atoms with E-state index >= 15 is 0 Å². The molecule has 0 aliphatic heterocycles. The van der Waals surface area contributed by atoms with E-state index in [1.165, 1.54) is 0 Å². The minimum atomic E-state index is -0.836. The Morgan fingerprint density at radius 3 is 2.52 bits per heavy atom. The number of aliphatic carboxylic acids is 1. The van der Waals surface area contributed by atoms with Gasteiger partial charge in [0, 0.05) is 24.5 Å². The molecule has 0 radical (unpaired) electrons. The van der Waals surface area contributed by atoms with E-state index in [2.05, 4.69) is 10.4 Å². The first-order valence-corrected chi connectivity index (χ1v) is 6.72. The number of carboxylic acids is 1. The number of aromatic nitrogens is 2. The number of rotatable bonds is 5. The van der Waals surface area contributed by atoms with Crippen molar-refractivity contribution in [2.75, 3.05) is 6.54 Å². The minimum Gasteiger partial charge on any atom is -0.481 e. The van der Waals surface area contributed by atoms with Crippen molar-refractivity contribution in [3.63, 3.8) is 0 Å². The summed E-state index contributed by atoms with van der Waals surface area (Å²) in [7, 11) is 0. The summed E-state index contributed by atoms with van der Waals surface area (Å²) in [5, 5.41) is 15.9. The van der Waals surface area contributed by atoms with Crippen molar-refractivity contribution in [3.8, 4) is 5.69 Å². The van der Waals surface area contributed by atoms with Crippen molar-refractivity contribution >= 4 is 11.9 Å². The molecule has 0 atom stereocenters. The van der Waals surface area contributed by atoms with Gasteiger partial charge in [-0.3, -0.25) is 9.59 Å². The van der Waals surface area contributed by atoms with Crippen LogP contribution in [-0.4, -0.2) is 33.3 Å². The Morgan fingerprint density at radius 1 is 1.29 bits per heavy atom. The highest BCUT2D eigenvalue weighted by molar-refractivity contribution is 5.94. The van der Waals surface area contributed by atoms with Crippen LogP contribution >= 0.6 is 0 Å². The van der Waals surface area contributed by atoms with E-state index in [-0.39, 0.29) is 12.5 Å². The van der Waals surface area contributed by atoms with Gasteiger partial charge >= 0.3 is 5.97 Å². The van der Waals surface area contributed by atoms with Crippen molar-refractivity contribution in [3.05, 3.63) is 48.3 Å². The molecule has 1 aromatic carbocycles. The smallest absolute Gasteiger partial charge is 0.311 e. The normalized spacial score (nSPS) is 15.4. The third-order valence-corrected chi connectivity index (χ3v) is 3.79. The summed E-state index contributed by atoms with van der Waals surface area (Å²) in [6.45, 7) is 0.183. The van der Waals surface area contributed by atoms with Crippen LogP contribution < -0.4 is 5.32 Å². The molecule has 2 aromatic rings. The Labute approximate surface area is 121 Å². The maximum absolute atomic E-state index is 12.0. The molecule has 1 aliphatic rings. The Hall–Kier alpha value is -2.63. The molecular formula is C15H15N3O3. The SMILES string of the molecule is O=C(NCC1(C(=O)O)CC1)c1ccc(-n2cccn2)cc1. The fourth-order valence-corrected chi connectivity index (χ4v) is 2.16. The maximum atomic E-state index is 12.0. The average molecular weight is 285 g/mol. The lowest BCUT2D eigenvalue weighted by Crippen LogP contribution is -2.34. The fourth-order valence-electron chi connectivity index (χ4n) is 2.16. The summed E-state index contributed by atoms with van der Waals surface area (Å²) >= 11 is 0. The first-order valence-electron chi connectivity index (χ1n) is 6.72. The number of carbonyl (C=O) groups excluding carboxylic acids is 1. The number of benzene rings is 1. The Kier molecular flexibility index (Phi) is 3.21. The zero-order valence-electron chi connectivity index (χ0n) is 11.3. The number of hydrogen-bond donors (Lipinski definition) is 2. The first kappa shape index (κ1) is 13.4. The van der Waals surface area contributed by atoms with E-state index in [0.29, 0.717) is 18.4 Å². The van der Waals surface area contributed by atoms with Gasteiger partial charge in [-0.25, -0.2) is 4.68 Å². The van der Waals surface area contributed by atoms with Gasteiger partial charge in [0.25, 0.3) is 5.91 Å². The van der Waals surface area contributed by atoms with Crippen molar-refractivity contribution in [2.45, 2.75) is 12.8 Å². The molecule has 6 nitrogen and oxygen atoms in total. The largest absolute Gasteiger partial charge is 0.481 e. The number of carboxylic acid groups (broad SMARTS) is 1. The summed E-state index contributed by atoms with van der Waals surface area (Å²) in [6, 6.07) is 8.82. The summed E-state index contributed by atoms with van der Waals surface area (Å²) in [5.41, 5.74) is 0.623. The van der Waals surface area contributed by atoms with Crippen molar-refractivity contribution in [1.29, 1.82) is 0 Å². The van der Waals surface area contributed by atoms with Crippen LogP contribution in [0.3, 0.4) is 0 Å². The monoisotopic (exact) mass is 285 g/mol. The molecule has 3 rings (SSSR count). The molecule has 1 amide bonds. The summed E-state index contributed by atoms with van der Waals surface area (Å²) < 4.78 is 1.70. The van der Waals surface area contributed by atoms with Crippen LogP contribution in [0.2, 0.25) is 0 Å². The predicted molar refractivity (Wildman–Crippen MR) is 75.2 cm³/mol.